The zero-order valence-electron chi connectivity index (χ0n) is 27.3. The average Bonchev–Trinajstić information content (AvgIpc) is 3.49. The molecular formula is C38H36F5N5O2. The number of piperazine rings is 1. The SMILES string of the molecule is C#Cc1c(F)ccc2cc(O)cc(-c3c(F)cc4c(N5CC6CCC(C5)N6)nc(OCC5(CN6CC7CC(F)(F)CC7C6)CC5)nc4c3F)c12. The van der Waals surface area contributed by atoms with E-state index in [9.17, 15) is 18.3 Å². The highest BCUT2D eigenvalue weighted by molar-refractivity contribution is 6.04. The molecule has 2 saturated carbocycles. The number of likely N-dealkylation sites (tertiary alicyclic amines) is 1. The molecule has 0 radical (unpaired) electrons. The van der Waals surface area contributed by atoms with Crippen LogP contribution in [-0.4, -0.2) is 77.3 Å². The summed E-state index contributed by atoms with van der Waals surface area (Å²) in [5, 5.41) is 14.7. The summed E-state index contributed by atoms with van der Waals surface area (Å²) >= 11 is 0. The van der Waals surface area contributed by atoms with Crippen LogP contribution in [0.25, 0.3) is 32.8 Å². The van der Waals surface area contributed by atoms with E-state index in [1.165, 1.54) is 24.3 Å². The van der Waals surface area contributed by atoms with Gasteiger partial charge in [-0.15, -0.1) is 6.42 Å². The van der Waals surface area contributed by atoms with Gasteiger partial charge in [0.1, 0.15) is 28.7 Å². The largest absolute Gasteiger partial charge is 0.508 e. The monoisotopic (exact) mass is 689 g/mol. The van der Waals surface area contributed by atoms with Gasteiger partial charge >= 0.3 is 6.01 Å². The van der Waals surface area contributed by atoms with Gasteiger partial charge in [0.25, 0.3) is 0 Å². The second-order valence-corrected chi connectivity index (χ2v) is 15.2. The second-order valence-electron chi connectivity index (χ2n) is 15.2. The van der Waals surface area contributed by atoms with Gasteiger partial charge in [-0.25, -0.2) is 22.0 Å². The number of nitrogens with one attached hydrogen (secondary N) is 1. The number of phenolic OH excluding ortho intramolecular Hbond substituents is 1. The van der Waals surface area contributed by atoms with Crippen molar-refractivity contribution >= 4 is 27.5 Å². The van der Waals surface area contributed by atoms with Crippen LogP contribution in [0, 0.1) is 47.0 Å². The molecule has 3 aliphatic heterocycles. The molecule has 4 atom stereocenters. The number of aromatic nitrogens is 2. The number of benzene rings is 3. The summed E-state index contributed by atoms with van der Waals surface area (Å²) in [4.78, 5) is 13.6. The van der Waals surface area contributed by atoms with Gasteiger partial charge in [-0.05, 0) is 67.2 Å². The number of fused-ring (bicyclic) bond motifs is 5. The molecule has 5 aliphatic rings. The smallest absolute Gasteiger partial charge is 0.319 e. The molecule has 12 heteroatoms. The van der Waals surface area contributed by atoms with Crippen LogP contribution in [0.3, 0.4) is 0 Å². The Kier molecular flexibility index (Phi) is 7.24. The Morgan fingerprint density at radius 1 is 0.960 bits per heavy atom. The molecule has 9 rings (SSSR count). The third-order valence-electron chi connectivity index (χ3n) is 11.6. The summed E-state index contributed by atoms with van der Waals surface area (Å²) in [6.07, 6.45) is 9.33. The topological polar surface area (TPSA) is 73.8 Å². The molecule has 2 bridgehead atoms. The van der Waals surface area contributed by atoms with E-state index >= 15 is 8.78 Å². The quantitative estimate of drug-likeness (QED) is 0.167. The second kappa shape index (κ2) is 11.4. The molecular weight excluding hydrogens is 653 g/mol. The van der Waals surface area contributed by atoms with Crippen LogP contribution < -0.4 is 15.0 Å². The van der Waals surface area contributed by atoms with Gasteiger partial charge in [0.15, 0.2) is 5.82 Å². The number of alkyl halides is 2. The first kappa shape index (κ1) is 31.7. The third kappa shape index (κ3) is 5.41. The molecule has 260 valence electrons. The Balaban J connectivity index is 1.10. The molecule has 7 nitrogen and oxygen atoms in total. The maximum absolute atomic E-state index is 16.9. The number of aromatic hydroxyl groups is 1. The Morgan fingerprint density at radius 2 is 1.68 bits per heavy atom. The molecule has 2 aliphatic carbocycles. The summed E-state index contributed by atoms with van der Waals surface area (Å²) in [5.41, 5.74) is -1.13. The first-order valence-corrected chi connectivity index (χ1v) is 17.3. The van der Waals surface area contributed by atoms with E-state index in [1.807, 2.05) is 4.90 Å². The molecule has 5 fully saturated rings. The number of nitrogens with zero attached hydrogens (tertiary/aromatic N) is 4. The first-order chi connectivity index (χ1) is 24.0. The number of hydrogen-bond acceptors (Lipinski definition) is 7. The molecule has 3 aromatic carbocycles. The van der Waals surface area contributed by atoms with E-state index in [2.05, 4.69) is 21.1 Å². The standard InChI is InChI=1S/C38H36F5N5O2/c1-2-26-29(39)6-3-20-9-25(49)10-27(31(20)26)32-30(40)11-28-34(33(32)41)45-36(46-35(28)48-16-23-4-5-24(17-48)44-23)50-19-37(7-8-37)18-47-14-21-12-38(42,43)13-22(21)15-47/h1,3,6,9-11,21-24,44,49H,4-5,7-8,12-19H2. The number of rotatable bonds is 7. The molecule has 3 saturated heterocycles. The van der Waals surface area contributed by atoms with Crippen LogP contribution >= 0.6 is 0 Å². The van der Waals surface area contributed by atoms with Crippen molar-refractivity contribution in [2.45, 2.75) is 56.5 Å². The van der Waals surface area contributed by atoms with Gasteiger partial charge in [0.2, 0.25) is 5.92 Å². The number of halogens is 5. The highest BCUT2D eigenvalue weighted by Crippen LogP contribution is 2.51. The highest BCUT2D eigenvalue weighted by Gasteiger charge is 2.53. The van der Waals surface area contributed by atoms with E-state index in [-0.39, 0.29) is 88.0 Å². The Labute approximate surface area is 285 Å². The van der Waals surface area contributed by atoms with Crippen LogP contribution in [0.2, 0.25) is 0 Å². The van der Waals surface area contributed by atoms with E-state index in [0.29, 0.717) is 37.4 Å². The van der Waals surface area contributed by atoms with E-state index < -0.39 is 28.9 Å². The lowest BCUT2D eigenvalue weighted by atomic mass is 9.92. The van der Waals surface area contributed by atoms with Crippen molar-refractivity contribution < 1.29 is 31.8 Å². The summed E-state index contributed by atoms with van der Waals surface area (Å²) in [5.74, 6) is -2.82. The Hall–Kier alpha value is -4.21. The summed E-state index contributed by atoms with van der Waals surface area (Å²) in [6.45, 7) is 3.47. The lowest BCUT2D eigenvalue weighted by Crippen LogP contribution is -2.51. The zero-order chi connectivity index (χ0) is 34.5. The fraction of sp³-hybridized carbons (Fsp3) is 0.474. The number of hydrogen-bond donors (Lipinski definition) is 2. The van der Waals surface area contributed by atoms with Gasteiger partial charge in [-0.3, -0.25) is 0 Å². The van der Waals surface area contributed by atoms with Gasteiger partial charge in [-0.1, -0.05) is 12.0 Å². The van der Waals surface area contributed by atoms with Crippen LogP contribution in [0.15, 0.2) is 30.3 Å². The van der Waals surface area contributed by atoms with Crippen LogP contribution in [0.1, 0.15) is 44.1 Å². The van der Waals surface area contributed by atoms with Gasteiger partial charge < -0.3 is 25.0 Å². The van der Waals surface area contributed by atoms with Crippen molar-refractivity contribution in [1.29, 1.82) is 0 Å². The van der Waals surface area contributed by atoms with E-state index in [0.717, 1.165) is 38.3 Å². The number of anilines is 1. The minimum Gasteiger partial charge on any atom is -0.508 e. The lowest BCUT2D eigenvalue weighted by molar-refractivity contribution is -0.00344. The van der Waals surface area contributed by atoms with Gasteiger partial charge in [0, 0.05) is 79.4 Å². The van der Waals surface area contributed by atoms with Crippen LogP contribution in [-0.2, 0) is 0 Å². The predicted octanol–water partition coefficient (Wildman–Crippen LogP) is 6.63. The van der Waals surface area contributed by atoms with Crippen molar-refractivity contribution in [2.24, 2.45) is 17.3 Å². The molecule has 4 aromatic rings. The summed E-state index contributed by atoms with van der Waals surface area (Å²) in [6, 6.07) is 6.65. The Morgan fingerprint density at radius 3 is 2.36 bits per heavy atom. The Bertz CT molecular complexity index is 2070. The summed E-state index contributed by atoms with van der Waals surface area (Å²) in [7, 11) is 0. The van der Waals surface area contributed by atoms with E-state index in [1.54, 1.807) is 0 Å². The predicted molar refractivity (Wildman–Crippen MR) is 179 cm³/mol. The van der Waals surface area contributed by atoms with Gasteiger partial charge in [0.05, 0.1) is 17.7 Å². The summed E-state index contributed by atoms with van der Waals surface area (Å²) < 4.78 is 82.2. The average molecular weight is 690 g/mol. The first-order valence-electron chi connectivity index (χ1n) is 17.3. The maximum atomic E-state index is 16.9. The zero-order valence-corrected chi connectivity index (χ0v) is 27.3. The van der Waals surface area contributed by atoms with Crippen molar-refractivity contribution in [3.8, 4) is 35.2 Å². The van der Waals surface area contributed by atoms with Crippen molar-refractivity contribution in [3.05, 3.63) is 53.3 Å². The highest BCUT2D eigenvalue weighted by atomic mass is 19.3. The number of phenols is 1. The van der Waals surface area contributed by atoms with Gasteiger partial charge in [-0.2, -0.15) is 9.97 Å². The third-order valence-corrected chi connectivity index (χ3v) is 11.6. The minimum absolute atomic E-state index is 0.0110. The van der Waals surface area contributed by atoms with E-state index in [4.69, 9.17) is 16.1 Å². The molecule has 4 unspecified atom stereocenters. The number of terminal acetylenes is 1. The van der Waals surface area contributed by atoms with Crippen molar-refractivity contribution in [1.82, 2.24) is 20.2 Å². The molecule has 0 amide bonds. The van der Waals surface area contributed by atoms with Crippen molar-refractivity contribution in [2.75, 3.05) is 44.2 Å². The molecule has 50 heavy (non-hydrogen) atoms. The van der Waals surface area contributed by atoms with Crippen molar-refractivity contribution in [3.63, 3.8) is 0 Å². The fourth-order valence-electron chi connectivity index (χ4n) is 9.14. The fourth-order valence-corrected chi connectivity index (χ4v) is 9.14. The normalized spacial score (nSPS) is 26.4. The molecule has 2 N–H and O–H groups in total. The van der Waals surface area contributed by atoms with Crippen LogP contribution in [0.4, 0.5) is 27.8 Å². The minimum atomic E-state index is -2.57. The molecule has 0 spiro atoms. The molecule has 4 heterocycles. The maximum Gasteiger partial charge on any atom is 0.319 e. The number of ether oxygens (including phenoxy) is 1. The molecule has 1 aromatic heterocycles. The van der Waals surface area contributed by atoms with Crippen LogP contribution in [0.5, 0.6) is 11.8 Å². The lowest BCUT2D eigenvalue weighted by Gasteiger charge is -2.34.